The van der Waals surface area contributed by atoms with Gasteiger partial charge in [0.25, 0.3) is 11.5 Å². The molecule has 9 heteroatoms. The van der Waals surface area contributed by atoms with Crippen LogP contribution >= 0.6 is 11.6 Å². The Morgan fingerprint density at radius 3 is 2.55 bits per heavy atom. The second-order valence-corrected chi connectivity index (χ2v) is 8.25. The van der Waals surface area contributed by atoms with Gasteiger partial charge in [-0.15, -0.1) is 0 Å². The Morgan fingerprint density at radius 2 is 1.85 bits per heavy atom. The standard InChI is InChI=1S/C24H26ClN5O3/c1-3-33-21-16-26-30(20-9-7-18(25)8-10-20)24(32)22(21)27-19-6-4-5-17(15-19)23(31)29-13-11-28(2)12-14-29/h4-10,15-16,27H,3,11-14H2,1-2H3. The van der Waals surface area contributed by atoms with Crippen LogP contribution < -0.4 is 15.6 Å². The fourth-order valence-electron chi connectivity index (χ4n) is 3.65. The van der Waals surface area contributed by atoms with E-state index in [1.54, 1.807) is 42.5 Å². The average Bonchev–Trinajstić information content (AvgIpc) is 2.82. The van der Waals surface area contributed by atoms with Crippen molar-refractivity contribution in [2.45, 2.75) is 6.92 Å². The zero-order chi connectivity index (χ0) is 23.4. The summed E-state index contributed by atoms with van der Waals surface area (Å²) in [7, 11) is 2.05. The van der Waals surface area contributed by atoms with Crippen LogP contribution in [0.2, 0.25) is 5.02 Å². The summed E-state index contributed by atoms with van der Waals surface area (Å²) < 4.78 is 6.92. The van der Waals surface area contributed by atoms with Crippen molar-refractivity contribution >= 4 is 28.9 Å². The first-order valence-electron chi connectivity index (χ1n) is 10.8. The molecule has 0 radical (unpaired) electrons. The monoisotopic (exact) mass is 467 g/mol. The molecule has 0 unspecified atom stereocenters. The number of piperazine rings is 1. The summed E-state index contributed by atoms with van der Waals surface area (Å²) in [5.41, 5.74) is 1.62. The van der Waals surface area contributed by atoms with Gasteiger partial charge in [-0.05, 0) is 56.4 Å². The van der Waals surface area contributed by atoms with E-state index in [0.717, 1.165) is 13.1 Å². The zero-order valence-electron chi connectivity index (χ0n) is 18.6. The van der Waals surface area contributed by atoms with Crippen LogP contribution in [0.4, 0.5) is 11.4 Å². The van der Waals surface area contributed by atoms with Crippen molar-refractivity contribution < 1.29 is 9.53 Å². The predicted molar refractivity (Wildman–Crippen MR) is 129 cm³/mol. The van der Waals surface area contributed by atoms with Gasteiger partial charge >= 0.3 is 0 Å². The molecule has 4 rings (SSSR count). The number of hydrogen-bond donors (Lipinski definition) is 1. The number of likely N-dealkylation sites (N-methyl/N-ethyl adjacent to an activating group) is 1. The lowest BCUT2D eigenvalue weighted by atomic mass is 10.1. The van der Waals surface area contributed by atoms with Gasteiger partial charge in [-0.2, -0.15) is 9.78 Å². The van der Waals surface area contributed by atoms with E-state index in [1.807, 2.05) is 24.9 Å². The second-order valence-electron chi connectivity index (χ2n) is 7.81. The number of rotatable bonds is 6. The predicted octanol–water partition coefficient (Wildman–Crippen LogP) is 3.42. The van der Waals surface area contributed by atoms with Crippen molar-refractivity contribution in [3.63, 3.8) is 0 Å². The summed E-state index contributed by atoms with van der Waals surface area (Å²) >= 11 is 5.97. The molecule has 1 saturated heterocycles. The summed E-state index contributed by atoms with van der Waals surface area (Å²) in [5.74, 6) is 0.314. The van der Waals surface area contributed by atoms with Crippen molar-refractivity contribution in [1.82, 2.24) is 19.6 Å². The molecule has 0 aliphatic carbocycles. The quantitative estimate of drug-likeness (QED) is 0.598. The highest BCUT2D eigenvalue weighted by molar-refractivity contribution is 6.30. The first kappa shape index (κ1) is 22.8. The number of carbonyl (C=O) groups excluding carboxylic acids is 1. The Kier molecular flexibility index (Phi) is 6.96. The molecule has 3 aromatic rings. The van der Waals surface area contributed by atoms with Crippen molar-refractivity contribution in [2.24, 2.45) is 0 Å². The van der Waals surface area contributed by atoms with Crippen LogP contribution in [-0.4, -0.2) is 65.3 Å². The first-order chi connectivity index (χ1) is 16.0. The van der Waals surface area contributed by atoms with E-state index in [-0.39, 0.29) is 17.2 Å². The SMILES string of the molecule is CCOc1cnn(-c2ccc(Cl)cc2)c(=O)c1Nc1cccc(C(=O)N2CCN(C)CC2)c1. The van der Waals surface area contributed by atoms with Gasteiger partial charge in [0.15, 0.2) is 11.4 Å². The first-order valence-corrected chi connectivity index (χ1v) is 11.2. The van der Waals surface area contributed by atoms with Crippen LogP contribution in [-0.2, 0) is 0 Å². The molecule has 1 fully saturated rings. The smallest absolute Gasteiger partial charge is 0.299 e. The zero-order valence-corrected chi connectivity index (χ0v) is 19.4. The number of nitrogens with one attached hydrogen (secondary N) is 1. The Hall–Kier alpha value is -3.36. The molecule has 33 heavy (non-hydrogen) atoms. The summed E-state index contributed by atoms with van der Waals surface area (Å²) in [4.78, 5) is 30.3. The number of halogens is 1. The number of anilines is 2. The number of carbonyl (C=O) groups is 1. The van der Waals surface area contributed by atoms with Gasteiger partial charge in [0, 0.05) is 42.5 Å². The van der Waals surface area contributed by atoms with Crippen LogP contribution in [0.5, 0.6) is 5.75 Å². The molecule has 0 spiro atoms. The molecule has 1 aliphatic heterocycles. The molecule has 2 heterocycles. The average molecular weight is 468 g/mol. The van der Waals surface area contributed by atoms with Crippen molar-refractivity contribution in [3.8, 4) is 11.4 Å². The van der Waals surface area contributed by atoms with Gasteiger partial charge in [-0.25, -0.2) is 0 Å². The Labute approximate surface area is 197 Å². The van der Waals surface area contributed by atoms with Crippen molar-refractivity contribution in [1.29, 1.82) is 0 Å². The van der Waals surface area contributed by atoms with E-state index < -0.39 is 0 Å². The number of amides is 1. The minimum atomic E-state index is -0.376. The molecular formula is C24H26ClN5O3. The Bertz CT molecular complexity index is 1190. The minimum Gasteiger partial charge on any atom is -0.490 e. The number of ether oxygens (including phenoxy) is 1. The van der Waals surface area contributed by atoms with Crippen molar-refractivity contribution in [3.05, 3.63) is 75.7 Å². The van der Waals surface area contributed by atoms with Crippen LogP contribution in [0, 0.1) is 0 Å². The largest absolute Gasteiger partial charge is 0.490 e. The topological polar surface area (TPSA) is 79.7 Å². The van der Waals surface area contributed by atoms with E-state index >= 15 is 0 Å². The molecule has 1 aliphatic rings. The van der Waals surface area contributed by atoms with Crippen LogP contribution in [0.3, 0.4) is 0 Å². The van der Waals surface area contributed by atoms with Gasteiger partial charge < -0.3 is 19.9 Å². The number of nitrogens with zero attached hydrogens (tertiary/aromatic N) is 4. The highest BCUT2D eigenvalue weighted by Crippen LogP contribution is 2.25. The Balaban J connectivity index is 1.64. The third kappa shape index (κ3) is 5.18. The van der Waals surface area contributed by atoms with Crippen molar-refractivity contribution in [2.75, 3.05) is 45.2 Å². The van der Waals surface area contributed by atoms with Gasteiger partial charge in [0.05, 0.1) is 18.5 Å². The third-order valence-electron chi connectivity index (χ3n) is 5.48. The highest BCUT2D eigenvalue weighted by atomic mass is 35.5. The molecule has 1 aromatic heterocycles. The molecule has 172 valence electrons. The van der Waals surface area contributed by atoms with Gasteiger partial charge in [-0.3, -0.25) is 9.59 Å². The molecule has 0 bridgehead atoms. The van der Waals surface area contributed by atoms with Gasteiger partial charge in [0.2, 0.25) is 0 Å². The fourth-order valence-corrected chi connectivity index (χ4v) is 3.78. The second kappa shape index (κ2) is 10.1. The Morgan fingerprint density at radius 1 is 1.12 bits per heavy atom. The lowest BCUT2D eigenvalue weighted by molar-refractivity contribution is 0.0664. The fraction of sp³-hybridized carbons (Fsp3) is 0.292. The summed E-state index contributed by atoms with van der Waals surface area (Å²) in [6.07, 6.45) is 1.50. The summed E-state index contributed by atoms with van der Waals surface area (Å²) in [5, 5.41) is 7.96. The van der Waals surface area contributed by atoms with E-state index in [4.69, 9.17) is 16.3 Å². The molecule has 0 saturated carbocycles. The van der Waals surface area contributed by atoms with E-state index in [2.05, 4.69) is 15.3 Å². The summed E-state index contributed by atoms with van der Waals surface area (Å²) in [6.45, 7) is 5.30. The minimum absolute atomic E-state index is 0.0231. The molecule has 1 amide bonds. The van der Waals surface area contributed by atoms with Crippen LogP contribution in [0.1, 0.15) is 17.3 Å². The lowest BCUT2D eigenvalue weighted by Crippen LogP contribution is -2.47. The van der Waals surface area contributed by atoms with Crippen LogP contribution in [0.15, 0.2) is 59.5 Å². The summed E-state index contributed by atoms with van der Waals surface area (Å²) in [6, 6.07) is 14.0. The molecule has 2 aromatic carbocycles. The van der Waals surface area contributed by atoms with Gasteiger partial charge in [0.1, 0.15) is 0 Å². The molecule has 8 nitrogen and oxygen atoms in total. The normalized spacial score (nSPS) is 14.2. The van der Waals surface area contributed by atoms with E-state index in [9.17, 15) is 9.59 Å². The molecular weight excluding hydrogens is 442 g/mol. The van der Waals surface area contributed by atoms with Crippen LogP contribution in [0.25, 0.3) is 5.69 Å². The maximum Gasteiger partial charge on any atom is 0.299 e. The molecule has 0 atom stereocenters. The number of benzene rings is 2. The number of hydrogen-bond acceptors (Lipinski definition) is 6. The maximum absolute atomic E-state index is 13.3. The maximum atomic E-state index is 13.3. The van der Waals surface area contributed by atoms with Gasteiger partial charge in [-0.1, -0.05) is 17.7 Å². The highest BCUT2D eigenvalue weighted by Gasteiger charge is 2.21. The number of aromatic nitrogens is 2. The van der Waals surface area contributed by atoms with E-state index in [0.29, 0.717) is 47.4 Å². The lowest BCUT2D eigenvalue weighted by Gasteiger charge is -2.32. The third-order valence-corrected chi connectivity index (χ3v) is 5.74. The van der Waals surface area contributed by atoms with E-state index in [1.165, 1.54) is 10.9 Å². The molecule has 1 N–H and O–H groups in total.